The second-order valence-corrected chi connectivity index (χ2v) is 8.29. The van der Waals surface area contributed by atoms with E-state index >= 15 is 0 Å². The Bertz CT molecular complexity index is 655. The van der Waals surface area contributed by atoms with E-state index in [2.05, 4.69) is 10.3 Å². The van der Waals surface area contributed by atoms with E-state index in [-0.39, 0.29) is 10.1 Å². The molecule has 6 heteroatoms. The van der Waals surface area contributed by atoms with Crippen molar-refractivity contribution in [3.8, 4) is 10.6 Å². The molecule has 0 aliphatic carbocycles. The van der Waals surface area contributed by atoms with Gasteiger partial charge in [-0.1, -0.05) is 30.3 Å². The summed E-state index contributed by atoms with van der Waals surface area (Å²) in [6, 6.07) is 9.47. The molecule has 4 nitrogen and oxygen atoms in total. The van der Waals surface area contributed by atoms with Crippen LogP contribution >= 0.6 is 23.1 Å². The maximum atomic E-state index is 11.3. The molecule has 1 aliphatic heterocycles. The number of rotatable bonds is 3. The molecule has 2 aromatic rings. The van der Waals surface area contributed by atoms with Crippen molar-refractivity contribution >= 4 is 29.1 Å². The smallest absolute Gasteiger partial charge is 0.322 e. The van der Waals surface area contributed by atoms with Gasteiger partial charge in [0.25, 0.3) is 0 Å². The third-order valence-electron chi connectivity index (χ3n) is 3.48. The van der Waals surface area contributed by atoms with Crippen molar-refractivity contribution < 1.29 is 9.90 Å². The lowest BCUT2D eigenvalue weighted by atomic mass is 10.0. The number of thioether (sulfide) groups is 1. The van der Waals surface area contributed by atoms with Gasteiger partial charge < -0.3 is 5.11 Å². The lowest BCUT2D eigenvalue weighted by Crippen LogP contribution is -2.43. The lowest BCUT2D eigenvalue weighted by molar-refractivity contribution is -0.139. The number of nitrogens with zero attached hydrogens (tertiary/aromatic N) is 1. The van der Waals surface area contributed by atoms with E-state index in [1.165, 1.54) is 0 Å². The van der Waals surface area contributed by atoms with Gasteiger partial charge in [0.2, 0.25) is 0 Å². The fourth-order valence-electron chi connectivity index (χ4n) is 2.39. The Morgan fingerprint density at radius 3 is 2.67 bits per heavy atom. The quantitative estimate of drug-likeness (QED) is 0.908. The highest BCUT2D eigenvalue weighted by molar-refractivity contribution is 8.01. The third-order valence-corrected chi connectivity index (χ3v) is 6.21. The predicted octanol–water partition coefficient (Wildman–Crippen LogP) is 3.38. The van der Waals surface area contributed by atoms with E-state index in [1.54, 1.807) is 23.1 Å². The molecule has 110 valence electrons. The van der Waals surface area contributed by atoms with Crippen molar-refractivity contribution in [2.75, 3.05) is 0 Å². The average Bonchev–Trinajstić information content (AvgIpc) is 3.03. The summed E-state index contributed by atoms with van der Waals surface area (Å²) in [6.45, 7) is 3.92. The number of benzene rings is 1. The summed E-state index contributed by atoms with van der Waals surface area (Å²) in [6.07, 6.45) is 1.85. The topological polar surface area (TPSA) is 62.2 Å². The molecule has 0 spiro atoms. The zero-order chi connectivity index (χ0) is 15.0. The van der Waals surface area contributed by atoms with Crippen LogP contribution in [0.25, 0.3) is 10.6 Å². The van der Waals surface area contributed by atoms with Crippen molar-refractivity contribution in [3.63, 3.8) is 0 Å². The summed E-state index contributed by atoms with van der Waals surface area (Å²) in [5.74, 6) is -0.803. The maximum Gasteiger partial charge on any atom is 0.322 e. The van der Waals surface area contributed by atoms with Crippen LogP contribution in [-0.4, -0.2) is 26.8 Å². The highest BCUT2D eigenvalue weighted by atomic mass is 32.2. The predicted molar refractivity (Wildman–Crippen MR) is 86.5 cm³/mol. The number of aliphatic carboxylic acids is 1. The van der Waals surface area contributed by atoms with Gasteiger partial charge in [-0.3, -0.25) is 10.1 Å². The van der Waals surface area contributed by atoms with Gasteiger partial charge in [-0.05, 0) is 13.8 Å². The zero-order valence-corrected chi connectivity index (χ0v) is 13.4. The molecule has 0 amide bonds. The van der Waals surface area contributed by atoms with Crippen molar-refractivity contribution in [1.82, 2.24) is 10.3 Å². The standard InChI is InChI=1S/C15H16N2O2S2/c1-15(2)11(14(18)19)17-13(21-15)10-8-16-12(20-10)9-6-4-3-5-7-9/h3-8,11,13,17H,1-2H3,(H,18,19). The Labute approximate surface area is 131 Å². The first-order chi connectivity index (χ1) is 9.97. The lowest BCUT2D eigenvalue weighted by Gasteiger charge is -2.20. The summed E-state index contributed by atoms with van der Waals surface area (Å²) in [5, 5.41) is 13.4. The average molecular weight is 320 g/mol. The third kappa shape index (κ3) is 2.84. The largest absolute Gasteiger partial charge is 0.480 e. The molecule has 1 fully saturated rings. The van der Waals surface area contributed by atoms with E-state index < -0.39 is 12.0 Å². The molecule has 0 saturated carbocycles. The minimum atomic E-state index is -0.803. The first-order valence-electron chi connectivity index (χ1n) is 6.65. The number of nitrogens with one attached hydrogen (secondary N) is 1. The highest BCUT2D eigenvalue weighted by Crippen LogP contribution is 2.47. The zero-order valence-electron chi connectivity index (χ0n) is 11.7. The normalized spacial score (nSPS) is 24.1. The van der Waals surface area contributed by atoms with Crippen LogP contribution in [0.2, 0.25) is 0 Å². The number of carboxylic acids is 1. The van der Waals surface area contributed by atoms with Crippen molar-refractivity contribution in [1.29, 1.82) is 0 Å². The van der Waals surface area contributed by atoms with Crippen LogP contribution in [0.15, 0.2) is 36.5 Å². The first-order valence-corrected chi connectivity index (χ1v) is 8.35. The molecule has 1 aromatic carbocycles. The fourth-order valence-corrected chi connectivity index (χ4v) is 4.83. The molecule has 21 heavy (non-hydrogen) atoms. The van der Waals surface area contributed by atoms with E-state index in [0.29, 0.717) is 0 Å². The SMILES string of the molecule is CC1(C)SC(c2cnc(-c3ccccc3)s2)NC1C(=O)O. The molecule has 1 saturated heterocycles. The Hall–Kier alpha value is -1.37. The van der Waals surface area contributed by atoms with Gasteiger partial charge in [0, 0.05) is 16.5 Å². The Balaban J connectivity index is 1.84. The van der Waals surface area contributed by atoms with Crippen LogP contribution in [0.5, 0.6) is 0 Å². The van der Waals surface area contributed by atoms with Crippen LogP contribution in [0.3, 0.4) is 0 Å². The first kappa shape index (κ1) is 14.6. The molecule has 1 aromatic heterocycles. The fraction of sp³-hybridized carbons (Fsp3) is 0.333. The molecule has 0 radical (unpaired) electrons. The number of hydrogen-bond donors (Lipinski definition) is 2. The van der Waals surface area contributed by atoms with Crippen molar-refractivity contribution in [2.24, 2.45) is 0 Å². The van der Waals surface area contributed by atoms with E-state index in [1.807, 2.05) is 50.4 Å². The van der Waals surface area contributed by atoms with Gasteiger partial charge in [0.05, 0.1) is 10.3 Å². The van der Waals surface area contributed by atoms with Gasteiger partial charge in [-0.25, -0.2) is 4.98 Å². The highest BCUT2D eigenvalue weighted by Gasteiger charge is 2.46. The van der Waals surface area contributed by atoms with Gasteiger partial charge in [0.1, 0.15) is 11.0 Å². The summed E-state index contributed by atoms with van der Waals surface area (Å²) in [7, 11) is 0. The molecule has 3 rings (SSSR count). The second kappa shape index (κ2) is 5.44. The van der Waals surface area contributed by atoms with Gasteiger partial charge in [0.15, 0.2) is 0 Å². The van der Waals surface area contributed by atoms with E-state index in [9.17, 15) is 9.90 Å². The van der Waals surface area contributed by atoms with Crippen LogP contribution in [0.1, 0.15) is 24.1 Å². The number of aromatic nitrogens is 1. The van der Waals surface area contributed by atoms with E-state index in [4.69, 9.17) is 0 Å². The summed E-state index contributed by atoms with van der Waals surface area (Å²) in [4.78, 5) is 16.9. The number of thiazole rings is 1. The molecule has 0 bridgehead atoms. The van der Waals surface area contributed by atoms with Gasteiger partial charge in [-0.15, -0.1) is 23.1 Å². The Morgan fingerprint density at radius 1 is 1.33 bits per heavy atom. The summed E-state index contributed by atoms with van der Waals surface area (Å²) < 4.78 is -0.340. The number of hydrogen-bond acceptors (Lipinski definition) is 5. The van der Waals surface area contributed by atoms with Crippen LogP contribution in [-0.2, 0) is 4.79 Å². The molecule has 1 aliphatic rings. The van der Waals surface area contributed by atoms with Gasteiger partial charge >= 0.3 is 5.97 Å². The molecule has 2 N–H and O–H groups in total. The number of carboxylic acid groups (broad SMARTS) is 1. The van der Waals surface area contributed by atoms with Crippen LogP contribution < -0.4 is 5.32 Å². The second-order valence-electron chi connectivity index (χ2n) is 5.47. The minimum absolute atomic E-state index is 0.0175. The molecular weight excluding hydrogens is 304 g/mol. The number of carbonyl (C=O) groups is 1. The Morgan fingerprint density at radius 2 is 2.05 bits per heavy atom. The Kier molecular flexibility index (Phi) is 3.77. The van der Waals surface area contributed by atoms with Gasteiger partial charge in [-0.2, -0.15) is 0 Å². The van der Waals surface area contributed by atoms with Crippen LogP contribution in [0.4, 0.5) is 0 Å². The maximum absolute atomic E-state index is 11.3. The minimum Gasteiger partial charge on any atom is -0.480 e. The molecular formula is C15H16N2O2S2. The summed E-state index contributed by atoms with van der Waals surface area (Å²) in [5.41, 5.74) is 1.09. The monoisotopic (exact) mass is 320 g/mol. The molecule has 2 heterocycles. The van der Waals surface area contributed by atoms with Crippen LogP contribution in [0, 0.1) is 0 Å². The van der Waals surface area contributed by atoms with E-state index in [0.717, 1.165) is 15.4 Å². The van der Waals surface area contributed by atoms with Crippen molar-refractivity contribution in [3.05, 3.63) is 41.4 Å². The molecule has 2 atom stereocenters. The molecule has 2 unspecified atom stereocenters. The van der Waals surface area contributed by atoms with Crippen molar-refractivity contribution in [2.45, 2.75) is 30.0 Å². The summed E-state index contributed by atoms with van der Waals surface area (Å²) >= 11 is 3.25.